The summed E-state index contributed by atoms with van der Waals surface area (Å²) >= 11 is 1.29. The van der Waals surface area contributed by atoms with Crippen LogP contribution in [0.1, 0.15) is 0 Å². The van der Waals surface area contributed by atoms with Gasteiger partial charge in [-0.2, -0.15) is 4.99 Å². The maximum atomic E-state index is 13.0. The van der Waals surface area contributed by atoms with Gasteiger partial charge in [0.25, 0.3) is 5.91 Å². The van der Waals surface area contributed by atoms with E-state index in [1.165, 1.54) is 23.9 Å². The van der Waals surface area contributed by atoms with Gasteiger partial charge < -0.3 is 9.80 Å². The van der Waals surface area contributed by atoms with Crippen LogP contribution >= 0.6 is 11.8 Å². The minimum Gasteiger partial charge on any atom is -0.368 e. The van der Waals surface area contributed by atoms with E-state index in [0.717, 1.165) is 10.6 Å². The second kappa shape index (κ2) is 7.15. The largest absolute Gasteiger partial charge is 0.368 e. The van der Waals surface area contributed by atoms with Crippen LogP contribution in [0.5, 0.6) is 0 Å². The number of carbonyl (C=O) groups is 3. The SMILES string of the molecule is O=C(CN1C(=O)N=C2C=CSC2C1=O)N1CCN(c2ccc(F)cc2)CC1. The van der Waals surface area contributed by atoms with Gasteiger partial charge in [0.1, 0.15) is 17.6 Å². The summed E-state index contributed by atoms with van der Waals surface area (Å²) in [6.45, 7) is 1.86. The highest BCUT2D eigenvalue weighted by atomic mass is 32.2. The van der Waals surface area contributed by atoms with Gasteiger partial charge in [-0.05, 0) is 35.7 Å². The van der Waals surface area contributed by atoms with Crippen molar-refractivity contribution in [3.63, 3.8) is 0 Å². The predicted molar refractivity (Wildman–Crippen MR) is 100 cm³/mol. The van der Waals surface area contributed by atoms with E-state index in [2.05, 4.69) is 9.89 Å². The fourth-order valence-electron chi connectivity index (χ4n) is 3.28. The first-order valence-corrected chi connectivity index (χ1v) is 9.51. The van der Waals surface area contributed by atoms with Crippen molar-refractivity contribution in [2.75, 3.05) is 37.6 Å². The van der Waals surface area contributed by atoms with E-state index in [0.29, 0.717) is 31.9 Å². The van der Waals surface area contributed by atoms with Crippen LogP contribution in [-0.2, 0) is 9.59 Å². The lowest BCUT2D eigenvalue weighted by Gasteiger charge is -2.37. The number of imide groups is 1. The molecule has 27 heavy (non-hydrogen) atoms. The van der Waals surface area contributed by atoms with Crippen LogP contribution < -0.4 is 4.90 Å². The van der Waals surface area contributed by atoms with E-state index in [-0.39, 0.29) is 18.3 Å². The van der Waals surface area contributed by atoms with E-state index in [9.17, 15) is 18.8 Å². The number of piperazine rings is 1. The van der Waals surface area contributed by atoms with Gasteiger partial charge in [-0.25, -0.2) is 9.18 Å². The summed E-state index contributed by atoms with van der Waals surface area (Å²) in [6, 6.07) is 5.55. The lowest BCUT2D eigenvalue weighted by molar-refractivity contribution is -0.137. The molecule has 0 bridgehead atoms. The minimum atomic E-state index is -0.684. The van der Waals surface area contributed by atoms with Gasteiger partial charge in [-0.1, -0.05) is 0 Å². The quantitative estimate of drug-likeness (QED) is 0.785. The number of fused-ring (bicyclic) bond motifs is 1. The number of hydrogen-bond acceptors (Lipinski definition) is 5. The highest BCUT2D eigenvalue weighted by molar-refractivity contribution is 8.04. The zero-order chi connectivity index (χ0) is 19.0. The summed E-state index contributed by atoms with van der Waals surface area (Å²) in [5.74, 6) is -0.951. The number of halogens is 1. The van der Waals surface area contributed by atoms with E-state index in [1.807, 2.05) is 0 Å². The Balaban J connectivity index is 1.35. The topological polar surface area (TPSA) is 73.3 Å². The lowest BCUT2D eigenvalue weighted by atomic mass is 10.2. The molecule has 0 aromatic heterocycles. The van der Waals surface area contributed by atoms with Gasteiger partial charge in [0.15, 0.2) is 0 Å². The summed E-state index contributed by atoms with van der Waals surface area (Å²) in [5.41, 5.74) is 1.35. The molecule has 0 radical (unpaired) electrons. The molecule has 9 heteroatoms. The van der Waals surface area contributed by atoms with E-state index in [4.69, 9.17) is 0 Å². The summed E-state index contributed by atoms with van der Waals surface area (Å²) in [4.78, 5) is 45.7. The van der Waals surface area contributed by atoms with Crippen molar-refractivity contribution in [2.45, 2.75) is 5.25 Å². The van der Waals surface area contributed by atoms with Crippen LogP contribution in [-0.4, -0.2) is 71.3 Å². The molecule has 7 nitrogen and oxygen atoms in total. The maximum absolute atomic E-state index is 13.0. The standard InChI is InChI=1S/C18H17FN4O3S/c19-12-1-3-13(4-2-12)21-6-8-22(9-7-21)15(24)11-23-17(25)16-14(5-10-27-16)20-18(23)26/h1-5,10,16H,6-9,11H2. The van der Waals surface area contributed by atoms with E-state index >= 15 is 0 Å². The maximum Gasteiger partial charge on any atom is 0.351 e. The molecule has 1 aromatic carbocycles. The number of rotatable bonds is 3. The number of amides is 4. The average molecular weight is 388 g/mol. The average Bonchev–Trinajstić information content (AvgIpc) is 3.14. The molecule has 0 N–H and O–H groups in total. The molecule has 3 aliphatic heterocycles. The summed E-state index contributed by atoms with van der Waals surface area (Å²) < 4.78 is 13.0. The first-order chi connectivity index (χ1) is 13.0. The first-order valence-electron chi connectivity index (χ1n) is 8.57. The van der Waals surface area contributed by atoms with Gasteiger partial charge in [-0.3, -0.25) is 14.5 Å². The molecule has 1 fully saturated rings. The van der Waals surface area contributed by atoms with Gasteiger partial charge in [0.2, 0.25) is 5.91 Å². The molecule has 0 spiro atoms. The number of allylic oxidation sites excluding steroid dienone is 1. The zero-order valence-corrected chi connectivity index (χ0v) is 15.2. The smallest absolute Gasteiger partial charge is 0.351 e. The Hall–Kier alpha value is -2.68. The molecule has 4 rings (SSSR count). The fraction of sp³-hybridized carbons (Fsp3) is 0.333. The van der Waals surface area contributed by atoms with Gasteiger partial charge in [-0.15, -0.1) is 11.8 Å². The number of urea groups is 1. The molecular weight excluding hydrogens is 371 g/mol. The van der Waals surface area contributed by atoms with Crippen molar-refractivity contribution in [3.05, 3.63) is 41.6 Å². The Kier molecular flexibility index (Phi) is 4.69. The minimum absolute atomic E-state index is 0.273. The zero-order valence-electron chi connectivity index (χ0n) is 14.4. The fourth-order valence-corrected chi connectivity index (χ4v) is 4.17. The van der Waals surface area contributed by atoms with Crippen molar-refractivity contribution < 1.29 is 18.8 Å². The molecule has 3 aliphatic rings. The van der Waals surface area contributed by atoms with Crippen molar-refractivity contribution in [1.82, 2.24) is 9.80 Å². The number of thioether (sulfide) groups is 1. The molecule has 0 saturated carbocycles. The van der Waals surface area contributed by atoms with Crippen molar-refractivity contribution in [3.8, 4) is 0 Å². The summed E-state index contributed by atoms with van der Waals surface area (Å²) in [6.07, 6.45) is 1.65. The van der Waals surface area contributed by atoms with Crippen LogP contribution in [0.4, 0.5) is 14.9 Å². The molecule has 4 amide bonds. The molecule has 0 aliphatic carbocycles. The number of benzene rings is 1. The monoisotopic (exact) mass is 388 g/mol. The molecular formula is C18H17FN4O3S. The van der Waals surface area contributed by atoms with Crippen molar-refractivity contribution in [1.29, 1.82) is 0 Å². The highest BCUT2D eigenvalue weighted by Crippen LogP contribution is 2.27. The molecule has 140 valence electrons. The first kappa shape index (κ1) is 17.7. The van der Waals surface area contributed by atoms with Gasteiger partial charge in [0.05, 0.1) is 5.71 Å². The number of nitrogens with zero attached hydrogens (tertiary/aromatic N) is 4. The second-order valence-corrected chi connectivity index (χ2v) is 7.42. The number of aliphatic imine (C=N–C) groups is 1. The molecule has 1 aromatic rings. The normalized spacial score (nSPS) is 22.2. The third-order valence-electron chi connectivity index (χ3n) is 4.79. The highest BCUT2D eigenvalue weighted by Gasteiger charge is 2.40. The Bertz CT molecular complexity index is 847. The number of carbonyl (C=O) groups excluding carboxylic acids is 3. The molecule has 1 saturated heterocycles. The lowest BCUT2D eigenvalue weighted by Crippen LogP contribution is -2.54. The second-order valence-electron chi connectivity index (χ2n) is 6.41. The Morgan fingerprint density at radius 3 is 2.56 bits per heavy atom. The molecule has 3 heterocycles. The Morgan fingerprint density at radius 1 is 1.15 bits per heavy atom. The molecule has 1 unspecified atom stereocenters. The van der Waals surface area contributed by atoms with Crippen molar-refractivity contribution in [2.24, 2.45) is 4.99 Å². The number of hydrogen-bond donors (Lipinski definition) is 0. The van der Waals surface area contributed by atoms with Crippen LogP contribution in [0.3, 0.4) is 0 Å². The summed E-state index contributed by atoms with van der Waals surface area (Å²) in [7, 11) is 0. The van der Waals surface area contributed by atoms with E-state index < -0.39 is 17.2 Å². The van der Waals surface area contributed by atoms with Crippen molar-refractivity contribution >= 4 is 41.0 Å². The van der Waals surface area contributed by atoms with Crippen LogP contribution in [0.25, 0.3) is 0 Å². The third kappa shape index (κ3) is 3.46. The van der Waals surface area contributed by atoms with Crippen LogP contribution in [0.2, 0.25) is 0 Å². The van der Waals surface area contributed by atoms with Crippen LogP contribution in [0.15, 0.2) is 40.7 Å². The molecule has 1 atom stereocenters. The number of anilines is 1. The Labute approximate surface area is 159 Å². The van der Waals surface area contributed by atoms with Crippen LogP contribution in [0, 0.1) is 5.82 Å². The Morgan fingerprint density at radius 2 is 1.85 bits per heavy atom. The van der Waals surface area contributed by atoms with Gasteiger partial charge in [0, 0.05) is 31.9 Å². The summed E-state index contributed by atoms with van der Waals surface area (Å²) in [5, 5.41) is 1.21. The van der Waals surface area contributed by atoms with E-state index in [1.54, 1.807) is 28.5 Å². The third-order valence-corrected chi connectivity index (χ3v) is 5.79. The predicted octanol–water partition coefficient (Wildman–Crippen LogP) is 1.51. The van der Waals surface area contributed by atoms with Gasteiger partial charge >= 0.3 is 6.03 Å².